The molecule has 0 N–H and O–H groups in total. The van der Waals surface area contributed by atoms with Crippen LogP contribution >= 0.6 is 11.8 Å². The molecule has 2 aromatic carbocycles. The molecule has 2 heterocycles. The zero-order chi connectivity index (χ0) is 17.2. The molecule has 5 nitrogen and oxygen atoms in total. The Morgan fingerprint density at radius 2 is 1.72 bits per heavy atom. The Labute approximate surface area is 149 Å². The van der Waals surface area contributed by atoms with Gasteiger partial charge in [-0.05, 0) is 37.4 Å². The Bertz CT molecular complexity index is 1010. The lowest BCUT2D eigenvalue weighted by Gasteiger charge is -2.06. The minimum absolute atomic E-state index is 0.514. The van der Waals surface area contributed by atoms with E-state index in [1.165, 1.54) is 11.9 Å². The fourth-order valence-corrected chi connectivity index (χ4v) is 3.13. The van der Waals surface area contributed by atoms with Gasteiger partial charge in [0.25, 0.3) is 0 Å². The van der Waals surface area contributed by atoms with Crippen molar-refractivity contribution in [2.24, 2.45) is 0 Å². The second-order valence-electron chi connectivity index (χ2n) is 5.55. The zero-order valence-electron chi connectivity index (χ0n) is 13.9. The van der Waals surface area contributed by atoms with Crippen molar-refractivity contribution in [2.75, 3.05) is 6.26 Å². The van der Waals surface area contributed by atoms with Crippen LogP contribution in [0.1, 0.15) is 5.56 Å². The topological polar surface area (TPSA) is 52.8 Å². The number of nitrogens with zero attached hydrogens (tertiary/aromatic N) is 4. The molecule has 0 spiro atoms. The average molecular weight is 348 g/mol. The Morgan fingerprint density at radius 3 is 2.44 bits per heavy atom. The molecule has 0 atom stereocenters. The number of hydrogen-bond donors (Lipinski definition) is 0. The number of aromatic nitrogens is 4. The lowest BCUT2D eigenvalue weighted by molar-refractivity contribution is 0.467. The number of fused-ring (bicyclic) bond motifs is 1. The Morgan fingerprint density at radius 1 is 0.960 bits per heavy atom. The summed E-state index contributed by atoms with van der Waals surface area (Å²) in [7, 11) is 0. The molecule has 0 aliphatic heterocycles. The van der Waals surface area contributed by atoms with Gasteiger partial charge in [0.2, 0.25) is 5.88 Å². The quantitative estimate of drug-likeness (QED) is 0.503. The van der Waals surface area contributed by atoms with Gasteiger partial charge in [-0.15, -0.1) is 11.8 Å². The molecule has 0 bridgehead atoms. The molecular formula is C19H16N4OS. The summed E-state index contributed by atoms with van der Waals surface area (Å²) in [6.45, 7) is 2.04. The van der Waals surface area contributed by atoms with Crippen LogP contribution in [0, 0.1) is 6.92 Å². The minimum atomic E-state index is 0.514. The maximum Gasteiger partial charge on any atom is 0.234 e. The molecule has 0 aliphatic rings. The van der Waals surface area contributed by atoms with Crippen LogP contribution in [0.2, 0.25) is 0 Å². The fraction of sp³-hybridized carbons (Fsp3) is 0.105. The summed E-state index contributed by atoms with van der Waals surface area (Å²) in [5, 5.41) is 6.35. The van der Waals surface area contributed by atoms with E-state index in [9.17, 15) is 0 Å². The molecule has 0 aliphatic carbocycles. The van der Waals surface area contributed by atoms with E-state index < -0.39 is 0 Å². The molecule has 0 unspecified atom stereocenters. The van der Waals surface area contributed by atoms with E-state index in [1.54, 1.807) is 11.8 Å². The summed E-state index contributed by atoms with van der Waals surface area (Å²) in [6.07, 6.45) is 3.50. The minimum Gasteiger partial charge on any atom is -0.438 e. The van der Waals surface area contributed by atoms with Crippen LogP contribution in [0.3, 0.4) is 0 Å². The summed E-state index contributed by atoms with van der Waals surface area (Å²) >= 11 is 1.55. The van der Waals surface area contributed by atoms with Crippen LogP contribution in [0.15, 0.2) is 66.0 Å². The Hall–Kier alpha value is -2.86. The first-order valence-electron chi connectivity index (χ1n) is 7.84. The first kappa shape index (κ1) is 15.7. The van der Waals surface area contributed by atoms with Crippen LogP contribution in [0.25, 0.3) is 16.7 Å². The maximum atomic E-state index is 6.02. The first-order chi connectivity index (χ1) is 12.3. The van der Waals surface area contributed by atoms with Crippen LogP contribution in [-0.2, 0) is 0 Å². The van der Waals surface area contributed by atoms with Crippen molar-refractivity contribution in [1.82, 2.24) is 19.7 Å². The molecule has 6 heteroatoms. The lowest BCUT2D eigenvalue weighted by atomic mass is 10.2. The molecule has 0 amide bonds. The molecule has 2 aromatic heterocycles. The molecule has 4 rings (SSSR count). The van der Waals surface area contributed by atoms with Crippen molar-refractivity contribution in [3.05, 3.63) is 66.5 Å². The number of benzene rings is 2. The van der Waals surface area contributed by atoms with Gasteiger partial charge in [0.1, 0.15) is 22.5 Å². The Kier molecular flexibility index (Phi) is 4.11. The molecule has 0 radical (unpaired) electrons. The first-order valence-corrected chi connectivity index (χ1v) is 9.06. The van der Waals surface area contributed by atoms with Crippen molar-refractivity contribution in [1.29, 1.82) is 0 Å². The van der Waals surface area contributed by atoms with Crippen LogP contribution in [0.5, 0.6) is 11.6 Å². The van der Waals surface area contributed by atoms with E-state index in [2.05, 4.69) is 9.97 Å². The second-order valence-corrected chi connectivity index (χ2v) is 6.34. The molecule has 4 aromatic rings. The third-order valence-corrected chi connectivity index (χ3v) is 4.50. The summed E-state index contributed by atoms with van der Waals surface area (Å²) in [6, 6.07) is 17.8. The largest absolute Gasteiger partial charge is 0.438 e. The van der Waals surface area contributed by atoms with E-state index >= 15 is 0 Å². The van der Waals surface area contributed by atoms with Gasteiger partial charge in [0.05, 0.1) is 5.69 Å². The third kappa shape index (κ3) is 2.96. The van der Waals surface area contributed by atoms with Crippen LogP contribution < -0.4 is 4.74 Å². The zero-order valence-corrected chi connectivity index (χ0v) is 14.7. The van der Waals surface area contributed by atoms with Crippen molar-refractivity contribution in [2.45, 2.75) is 11.9 Å². The third-order valence-electron chi connectivity index (χ3n) is 3.83. The Balaban J connectivity index is 1.86. The predicted molar refractivity (Wildman–Crippen MR) is 99.7 cm³/mol. The van der Waals surface area contributed by atoms with Crippen molar-refractivity contribution in [3.63, 3.8) is 0 Å². The van der Waals surface area contributed by atoms with Gasteiger partial charge in [-0.2, -0.15) is 5.10 Å². The van der Waals surface area contributed by atoms with Crippen molar-refractivity contribution >= 4 is 22.8 Å². The van der Waals surface area contributed by atoms with Gasteiger partial charge in [-0.25, -0.2) is 14.6 Å². The van der Waals surface area contributed by atoms with Gasteiger partial charge in [-0.1, -0.05) is 35.9 Å². The number of hydrogen-bond acceptors (Lipinski definition) is 5. The van der Waals surface area contributed by atoms with E-state index in [4.69, 9.17) is 9.84 Å². The monoisotopic (exact) mass is 348 g/mol. The smallest absolute Gasteiger partial charge is 0.234 e. The van der Waals surface area contributed by atoms with Gasteiger partial charge in [0.15, 0.2) is 5.65 Å². The fourth-order valence-electron chi connectivity index (χ4n) is 2.58. The average Bonchev–Trinajstić information content (AvgIpc) is 3.04. The van der Waals surface area contributed by atoms with E-state index in [1.807, 2.05) is 72.5 Å². The molecule has 0 saturated carbocycles. The van der Waals surface area contributed by atoms with Gasteiger partial charge >= 0.3 is 0 Å². The standard InChI is InChI=1S/C19H16N4OS/c1-13-8-10-15(11-9-13)24-18-16-17(20-12-21-18)23(22-19(16)25-2)14-6-4-3-5-7-14/h3-12H,1-2H3. The van der Waals surface area contributed by atoms with Crippen molar-refractivity contribution in [3.8, 4) is 17.3 Å². The summed E-state index contributed by atoms with van der Waals surface area (Å²) in [4.78, 5) is 8.78. The summed E-state index contributed by atoms with van der Waals surface area (Å²) < 4.78 is 7.84. The molecule has 25 heavy (non-hydrogen) atoms. The highest BCUT2D eigenvalue weighted by atomic mass is 32.2. The van der Waals surface area contributed by atoms with Crippen LogP contribution in [0.4, 0.5) is 0 Å². The molecule has 0 fully saturated rings. The summed E-state index contributed by atoms with van der Waals surface area (Å²) in [5.74, 6) is 1.26. The lowest BCUT2D eigenvalue weighted by Crippen LogP contribution is -1.98. The SMILES string of the molecule is CSc1nn(-c2ccccc2)c2ncnc(Oc3ccc(C)cc3)c12. The predicted octanol–water partition coefficient (Wildman–Crippen LogP) is 4.64. The number of aryl methyl sites for hydroxylation is 1. The molecule has 0 saturated heterocycles. The van der Waals surface area contributed by atoms with Crippen LogP contribution in [-0.4, -0.2) is 26.0 Å². The maximum absolute atomic E-state index is 6.02. The van der Waals surface area contributed by atoms with E-state index in [0.29, 0.717) is 5.88 Å². The summed E-state index contributed by atoms with van der Waals surface area (Å²) in [5.41, 5.74) is 2.86. The molecular weight excluding hydrogens is 332 g/mol. The van der Waals surface area contributed by atoms with E-state index in [0.717, 1.165) is 27.5 Å². The highest BCUT2D eigenvalue weighted by Gasteiger charge is 2.18. The number of rotatable bonds is 4. The highest BCUT2D eigenvalue weighted by molar-refractivity contribution is 7.98. The van der Waals surface area contributed by atoms with Gasteiger partial charge < -0.3 is 4.74 Å². The highest BCUT2D eigenvalue weighted by Crippen LogP contribution is 2.34. The van der Waals surface area contributed by atoms with Gasteiger partial charge in [-0.3, -0.25) is 0 Å². The number of thioether (sulfide) groups is 1. The normalized spacial score (nSPS) is 11.0. The molecule has 124 valence electrons. The second kappa shape index (κ2) is 6.57. The van der Waals surface area contributed by atoms with E-state index in [-0.39, 0.29) is 0 Å². The number of para-hydroxylation sites is 1. The van der Waals surface area contributed by atoms with Gasteiger partial charge in [0, 0.05) is 0 Å². The number of ether oxygens (including phenoxy) is 1. The van der Waals surface area contributed by atoms with Crippen molar-refractivity contribution < 1.29 is 4.74 Å².